The molecule has 0 aliphatic carbocycles. The van der Waals surface area contributed by atoms with Crippen LogP contribution >= 0.6 is 12.4 Å². The predicted molar refractivity (Wildman–Crippen MR) is 91.6 cm³/mol. The Bertz CT molecular complexity index is 479. The fraction of sp³-hybridized carbons (Fsp3) is 0.588. The van der Waals surface area contributed by atoms with Crippen molar-refractivity contribution in [3.63, 3.8) is 0 Å². The van der Waals surface area contributed by atoms with Crippen molar-refractivity contribution in [1.29, 1.82) is 0 Å². The van der Waals surface area contributed by atoms with E-state index in [0.29, 0.717) is 19.5 Å². The third-order valence-electron chi connectivity index (χ3n) is 3.77. The molecular weight excluding hydrogens is 303 g/mol. The molecule has 0 saturated heterocycles. The highest BCUT2D eigenvalue weighted by Crippen LogP contribution is 2.17. The Morgan fingerprint density at radius 2 is 2.05 bits per heavy atom. The van der Waals surface area contributed by atoms with Crippen LogP contribution in [0.3, 0.4) is 0 Å². The van der Waals surface area contributed by atoms with Crippen LogP contribution in [0.2, 0.25) is 0 Å². The SMILES string of the molecule is CC(CCc1cccc(F)c1)C(=O)N(C)CC(C)(C)CN.Cl. The number of carbonyl (C=O) groups is 1. The average molecular weight is 331 g/mol. The summed E-state index contributed by atoms with van der Waals surface area (Å²) in [7, 11) is 1.82. The van der Waals surface area contributed by atoms with E-state index < -0.39 is 0 Å². The second-order valence-corrected chi connectivity index (χ2v) is 6.63. The van der Waals surface area contributed by atoms with Crippen LogP contribution in [0.1, 0.15) is 32.8 Å². The molecule has 1 aromatic carbocycles. The molecule has 5 heteroatoms. The first-order valence-electron chi connectivity index (χ1n) is 7.44. The summed E-state index contributed by atoms with van der Waals surface area (Å²) in [5, 5.41) is 0. The van der Waals surface area contributed by atoms with Crippen LogP contribution in [-0.4, -0.2) is 30.9 Å². The zero-order valence-corrected chi connectivity index (χ0v) is 14.8. The Kier molecular flexibility index (Phi) is 8.64. The Morgan fingerprint density at radius 1 is 1.41 bits per heavy atom. The molecule has 1 unspecified atom stereocenters. The van der Waals surface area contributed by atoms with Gasteiger partial charge in [0.25, 0.3) is 0 Å². The number of benzene rings is 1. The van der Waals surface area contributed by atoms with E-state index in [4.69, 9.17) is 5.73 Å². The number of hydrogen-bond acceptors (Lipinski definition) is 2. The summed E-state index contributed by atoms with van der Waals surface area (Å²) in [6, 6.07) is 6.55. The minimum atomic E-state index is -0.228. The lowest BCUT2D eigenvalue weighted by Gasteiger charge is -2.30. The largest absolute Gasteiger partial charge is 0.345 e. The number of amides is 1. The van der Waals surface area contributed by atoms with Crippen LogP contribution in [0.5, 0.6) is 0 Å². The van der Waals surface area contributed by atoms with Gasteiger partial charge < -0.3 is 10.6 Å². The molecule has 0 saturated carbocycles. The van der Waals surface area contributed by atoms with Crippen molar-refractivity contribution in [2.24, 2.45) is 17.1 Å². The third kappa shape index (κ3) is 6.75. The van der Waals surface area contributed by atoms with Crippen molar-refractivity contribution in [2.45, 2.75) is 33.6 Å². The molecule has 0 spiro atoms. The molecule has 22 heavy (non-hydrogen) atoms. The average Bonchev–Trinajstić information content (AvgIpc) is 2.43. The second kappa shape index (κ2) is 9.11. The second-order valence-electron chi connectivity index (χ2n) is 6.63. The minimum Gasteiger partial charge on any atom is -0.345 e. The number of rotatable bonds is 7. The first-order chi connectivity index (χ1) is 9.75. The molecule has 1 aromatic rings. The molecule has 1 amide bonds. The number of halogens is 2. The maximum Gasteiger partial charge on any atom is 0.225 e. The molecule has 126 valence electrons. The van der Waals surface area contributed by atoms with Gasteiger partial charge in [0.2, 0.25) is 5.91 Å². The van der Waals surface area contributed by atoms with Gasteiger partial charge in [-0.15, -0.1) is 12.4 Å². The summed E-state index contributed by atoms with van der Waals surface area (Å²) in [6.45, 7) is 7.21. The summed E-state index contributed by atoms with van der Waals surface area (Å²) < 4.78 is 13.1. The van der Waals surface area contributed by atoms with Gasteiger partial charge >= 0.3 is 0 Å². The van der Waals surface area contributed by atoms with Crippen molar-refractivity contribution >= 4 is 18.3 Å². The molecule has 3 nitrogen and oxygen atoms in total. The number of aryl methyl sites for hydroxylation is 1. The van der Waals surface area contributed by atoms with Crippen molar-refractivity contribution in [3.05, 3.63) is 35.6 Å². The molecule has 1 atom stereocenters. The Labute approximate surface area is 139 Å². The maximum absolute atomic E-state index is 13.1. The van der Waals surface area contributed by atoms with E-state index in [2.05, 4.69) is 0 Å². The van der Waals surface area contributed by atoms with Gasteiger partial charge in [-0.25, -0.2) is 4.39 Å². The Hall–Kier alpha value is -1.13. The van der Waals surface area contributed by atoms with E-state index in [1.54, 1.807) is 11.0 Å². The summed E-state index contributed by atoms with van der Waals surface area (Å²) in [4.78, 5) is 14.1. The fourth-order valence-electron chi connectivity index (χ4n) is 2.36. The zero-order chi connectivity index (χ0) is 16.0. The van der Waals surface area contributed by atoms with Crippen LogP contribution in [0, 0.1) is 17.2 Å². The molecule has 0 aliphatic heterocycles. The summed E-state index contributed by atoms with van der Waals surface area (Å²) in [5.74, 6) is -0.187. The van der Waals surface area contributed by atoms with E-state index in [1.807, 2.05) is 33.9 Å². The molecule has 0 radical (unpaired) electrons. The van der Waals surface area contributed by atoms with Gasteiger partial charge in [0, 0.05) is 19.5 Å². The Balaban J connectivity index is 0.00000441. The predicted octanol–water partition coefficient (Wildman–Crippen LogP) is 3.26. The normalized spacial score (nSPS) is 12.5. The summed E-state index contributed by atoms with van der Waals surface area (Å²) >= 11 is 0. The standard InChI is InChI=1S/C17H27FN2O.ClH/c1-13(8-9-14-6-5-7-15(18)10-14)16(21)20(4)12-17(2,3)11-19;/h5-7,10,13H,8-9,11-12,19H2,1-4H3;1H. The van der Waals surface area contributed by atoms with Crippen LogP contribution in [0.15, 0.2) is 24.3 Å². The lowest BCUT2D eigenvalue weighted by Crippen LogP contribution is -2.41. The number of nitrogens with two attached hydrogens (primary N) is 1. The van der Waals surface area contributed by atoms with E-state index in [-0.39, 0.29) is 35.5 Å². The van der Waals surface area contributed by atoms with E-state index >= 15 is 0 Å². The van der Waals surface area contributed by atoms with Crippen LogP contribution in [0.4, 0.5) is 4.39 Å². The summed E-state index contributed by atoms with van der Waals surface area (Å²) in [5.41, 5.74) is 6.56. The van der Waals surface area contributed by atoms with Gasteiger partial charge in [0.05, 0.1) is 0 Å². The zero-order valence-electron chi connectivity index (χ0n) is 13.9. The van der Waals surface area contributed by atoms with Gasteiger partial charge in [-0.1, -0.05) is 32.9 Å². The van der Waals surface area contributed by atoms with Gasteiger partial charge in [0.15, 0.2) is 0 Å². The highest BCUT2D eigenvalue weighted by Gasteiger charge is 2.24. The summed E-state index contributed by atoms with van der Waals surface area (Å²) in [6.07, 6.45) is 1.43. The maximum atomic E-state index is 13.1. The van der Waals surface area contributed by atoms with Crippen molar-refractivity contribution < 1.29 is 9.18 Å². The third-order valence-corrected chi connectivity index (χ3v) is 3.77. The number of nitrogens with zero attached hydrogens (tertiary/aromatic N) is 1. The quantitative estimate of drug-likeness (QED) is 0.834. The molecular formula is C17H28ClFN2O. The molecule has 0 aliphatic rings. The Morgan fingerprint density at radius 3 is 2.59 bits per heavy atom. The molecule has 0 heterocycles. The van der Waals surface area contributed by atoms with Crippen molar-refractivity contribution in [3.8, 4) is 0 Å². The highest BCUT2D eigenvalue weighted by atomic mass is 35.5. The van der Waals surface area contributed by atoms with Crippen LogP contribution in [-0.2, 0) is 11.2 Å². The lowest BCUT2D eigenvalue weighted by molar-refractivity contribution is -0.135. The van der Waals surface area contributed by atoms with Crippen molar-refractivity contribution in [1.82, 2.24) is 4.90 Å². The molecule has 1 rings (SSSR count). The molecule has 2 N–H and O–H groups in total. The highest BCUT2D eigenvalue weighted by molar-refractivity contribution is 5.85. The molecule has 0 fully saturated rings. The van der Waals surface area contributed by atoms with E-state index in [9.17, 15) is 9.18 Å². The topological polar surface area (TPSA) is 46.3 Å². The van der Waals surface area contributed by atoms with Crippen molar-refractivity contribution in [2.75, 3.05) is 20.1 Å². The number of hydrogen-bond donors (Lipinski definition) is 1. The van der Waals surface area contributed by atoms with E-state index in [0.717, 1.165) is 12.0 Å². The van der Waals surface area contributed by atoms with E-state index in [1.165, 1.54) is 12.1 Å². The first kappa shape index (κ1) is 20.9. The van der Waals surface area contributed by atoms with Crippen LogP contribution in [0.25, 0.3) is 0 Å². The monoisotopic (exact) mass is 330 g/mol. The smallest absolute Gasteiger partial charge is 0.225 e. The number of carbonyl (C=O) groups excluding carboxylic acids is 1. The molecule has 0 bridgehead atoms. The molecule has 0 aromatic heterocycles. The van der Waals surface area contributed by atoms with Gasteiger partial charge in [-0.3, -0.25) is 4.79 Å². The minimum absolute atomic E-state index is 0. The fourth-order valence-corrected chi connectivity index (χ4v) is 2.36. The van der Waals surface area contributed by atoms with Gasteiger partial charge in [-0.05, 0) is 42.5 Å². The van der Waals surface area contributed by atoms with Gasteiger partial charge in [0.1, 0.15) is 5.82 Å². The van der Waals surface area contributed by atoms with Crippen LogP contribution < -0.4 is 5.73 Å². The lowest BCUT2D eigenvalue weighted by atomic mass is 9.92. The van der Waals surface area contributed by atoms with Gasteiger partial charge in [-0.2, -0.15) is 0 Å². The first-order valence-corrected chi connectivity index (χ1v) is 7.44.